The van der Waals surface area contributed by atoms with Crippen molar-refractivity contribution in [1.29, 1.82) is 0 Å². The Kier molecular flexibility index (Phi) is 5.14. The van der Waals surface area contributed by atoms with Crippen molar-refractivity contribution in [3.05, 3.63) is 74.5 Å². The lowest BCUT2D eigenvalue weighted by Gasteiger charge is -2.06. The Hall–Kier alpha value is -1.95. The summed E-state index contributed by atoms with van der Waals surface area (Å²) < 4.78 is 0.960. The van der Waals surface area contributed by atoms with Crippen LogP contribution in [0.4, 0.5) is 5.00 Å². The normalized spacial score (nSPS) is 10.4. The summed E-state index contributed by atoms with van der Waals surface area (Å²) in [6, 6.07) is 14.4. The summed E-state index contributed by atoms with van der Waals surface area (Å²) in [5.74, 6) is -0.340. The fourth-order valence-corrected chi connectivity index (χ4v) is 3.67. The van der Waals surface area contributed by atoms with Gasteiger partial charge in [0.2, 0.25) is 0 Å². The number of nitrogens with one attached hydrogen (secondary N) is 1. The predicted octanol–water partition coefficient (Wildman–Crippen LogP) is 5.90. The Bertz CT molecular complexity index is 906. The second-order valence-corrected chi connectivity index (χ2v) is 7.15. The molecule has 0 aliphatic rings. The SMILES string of the molecule is O=Cc1c(-c2ccc(Br)cc2)csc1NC(=O)c1ccccc1Cl. The van der Waals surface area contributed by atoms with Crippen molar-refractivity contribution in [2.45, 2.75) is 0 Å². The maximum atomic E-state index is 12.4. The molecule has 0 aliphatic heterocycles. The van der Waals surface area contributed by atoms with Gasteiger partial charge >= 0.3 is 0 Å². The van der Waals surface area contributed by atoms with Crippen LogP contribution < -0.4 is 5.32 Å². The highest BCUT2D eigenvalue weighted by atomic mass is 79.9. The Labute approximate surface area is 156 Å². The summed E-state index contributed by atoms with van der Waals surface area (Å²) in [6.07, 6.45) is 0.760. The van der Waals surface area contributed by atoms with Crippen molar-refractivity contribution in [1.82, 2.24) is 0 Å². The van der Waals surface area contributed by atoms with Crippen LogP contribution in [0, 0.1) is 0 Å². The molecule has 2 aromatic carbocycles. The number of benzene rings is 2. The van der Waals surface area contributed by atoms with Crippen molar-refractivity contribution >= 4 is 56.1 Å². The van der Waals surface area contributed by atoms with Crippen LogP contribution >= 0.6 is 38.9 Å². The molecule has 0 saturated carbocycles. The minimum absolute atomic E-state index is 0.340. The van der Waals surface area contributed by atoms with Crippen LogP contribution in [0.3, 0.4) is 0 Å². The molecule has 0 fully saturated rings. The van der Waals surface area contributed by atoms with Crippen molar-refractivity contribution in [3.63, 3.8) is 0 Å². The van der Waals surface area contributed by atoms with E-state index in [9.17, 15) is 9.59 Å². The largest absolute Gasteiger partial charge is 0.313 e. The molecule has 0 aliphatic carbocycles. The van der Waals surface area contributed by atoms with Gasteiger partial charge in [0.15, 0.2) is 6.29 Å². The smallest absolute Gasteiger partial charge is 0.257 e. The van der Waals surface area contributed by atoms with Gasteiger partial charge in [-0.3, -0.25) is 9.59 Å². The van der Waals surface area contributed by atoms with Gasteiger partial charge in [-0.2, -0.15) is 0 Å². The summed E-state index contributed by atoms with van der Waals surface area (Å²) >= 11 is 10.7. The van der Waals surface area contributed by atoms with E-state index < -0.39 is 0 Å². The maximum absolute atomic E-state index is 12.4. The maximum Gasteiger partial charge on any atom is 0.257 e. The summed E-state index contributed by atoms with van der Waals surface area (Å²) in [5.41, 5.74) is 2.53. The third-order valence-electron chi connectivity index (χ3n) is 3.45. The summed E-state index contributed by atoms with van der Waals surface area (Å²) in [4.78, 5) is 23.9. The number of carbonyl (C=O) groups is 2. The highest BCUT2D eigenvalue weighted by molar-refractivity contribution is 9.10. The molecule has 6 heteroatoms. The Morgan fingerprint density at radius 2 is 1.83 bits per heavy atom. The summed E-state index contributed by atoms with van der Waals surface area (Å²) in [6.45, 7) is 0. The molecule has 1 N–H and O–H groups in total. The number of hydrogen-bond donors (Lipinski definition) is 1. The molecule has 0 saturated heterocycles. The number of carbonyl (C=O) groups excluding carboxylic acids is 2. The highest BCUT2D eigenvalue weighted by Crippen LogP contribution is 2.35. The predicted molar refractivity (Wildman–Crippen MR) is 102 cm³/mol. The topological polar surface area (TPSA) is 46.2 Å². The molecule has 0 unspecified atom stereocenters. The fourth-order valence-electron chi connectivity index (χ4n) is 2.25. The van der Waals surface area contributed by atoms with Crippen LogP contribution in [0.15, 0.2) is 58.4 Å². The van der Waals surface area contributed by atoms with Gasteiger partial charge in [0, 0.05) is 15.4 Å². The molecule has 3 rings (SSSR count). The van der Waals surface area contributed by atoms with Gasteiger partial charge in [-0.1, -0.05) is 51.8 Å². The molecule has 3 aromatic rings. The molecule has 0 radical (unpaired) electrons. The van der Waals surface area contributed by atoms with Crippen molar-refractivity contribution in [3.8, 4) is 11.1 Å². The van der Waals surface area contributed by atoms with Gasteiger partial charge in [-0.05, 0) is 29.8 Å². The zero-order valence-corrected chi connectivity index (χ0v) is 15.4. The zero-order valence-electron chi connectivity index (χ0n) is 12.3. The lowest BCUT2D eigenvalue weighted by molar-refractivity contribution is 0.102. The highest BCUT2D eigenvalue weighted by Gasteiger charge is 2.17. The Morgan fingerprint density at radius 3 is 2.50 bits per heavy atom. The van der Waals surface area contributed by atoms with Crippen molar-refractivity contribution in [2.24, 2.45) is 0 Å². The molecule has 0 bridgehead atoms. The number of anilines is 1. The van der Waals surface area contributed by atoms with Gasteiger partial charge < -0.3 is 5.32 Å². The van der Waals surface area contributed by atoms with E-state index in [1.807, 2.05) is 29.6 Å². The van der Waals surface area contributed by atoms with E-state index >= 15 is 0 Å². The van der Waals surface area contributed by atoms with Crippen molar-refractivity contribution in [2.75, 3.05) is 5.32 Å². The van der Waals surface area contributed by atoms with Crippen LogP contribution in [0.2, 0.25) is 5.02 Å². The third kappa shape index (κ3) is 3.43. The number of amides is 1. The van der Waals surface area contributed by atoms with Gasteiger partial charge in [0.05, 0.1) is 16.1 Å². The van der Waals surface area contributed by atoms with Gasteiger partial charge in [0.1, 0.15) is 5.00 Å². The van der Waals surface area contributed by atoms with E-state index in [0.29, 0.717) is 21.2 Å². The standard InChI is InChI=1S/C18H11BrClNO2S/c19-12-7-5-11(6-8-12)15-10-24-18(14(15)9-22)21-17(23)13-3-1-2-4-16(13)20/h1-10H,(H,21,23). The molecule has 24 heavy (non-hydrogen) atoms. The second kappa shape index (κ2) is 7.30. The molecule has 1 heterocycles. The monoisotopic (exact) mass is 419 g/mol. The first kappa shape index (κ1) is 16.9. The molecular formula is C18H11BrClNO2S. The van der Waals surface area contributed by atoms with Crippen LogP contribution in [0.25, 0.3) is 11.1 Å². The lowest BCUT2D eigenvalue weighted by atomic mass is 10.1. The van der Waals surface area contributed by atoms with Crippen molar-refractivity contribution < 1.29 is 9.59 Å². The average Bonchev–Trinajstić information content (AvgIpc) is 2.98. The summed E-state index contributed by atoms with van der Waals surface area (Å²) in [5, 5.41) is 5.51. The van der Waals surface area contributed by atoms with Gasteiger partial charge in [-0.25, -0.2) is 0 Å². The van der Waals surface area contributed by atoms with E-state index in [-0.39, 0.29) is 5.91 Å². The van der Waals surface area contributed by atoms with Crippen LogP contribution in [0.1, 0.15) is 20.7 Å². The second-order valence-electron chi connectivity index (χ2n) is 4.95. The van der Waals surface area contributed by atoms with Gasteiger partial charge in [0.25, 0.3) is 5.91 Å². The Balaban J connectivity index is 1.92. The van der Waals surface area contributed by atoms with Crippen LogP contribution in [-0.2, 0) is 0 Å². The quantitative estimate of drug-likeness (QED) is 0.534. The fraction of sp³-hybridized carbons (Fsp3) is 0. The first-order valence-electron chi connectivity index (χ1n) is 6.98. The van der Waals surface area contributed by atoms with Crippen LogP contribution in [0.5, 0.6) is 0 Å². The molecule has 0 spiro atoms. The van der Waals surface area contributed by atoms with E-state index in [2.05, 4.69) is 21.2 Å². The molecule has 0 atom stereocenters. The number of aldehydes is 1. The number of rotatable bonds is 4. The molecule has 1 aromatic heterocycles. The first-order chi connectivity index (χ1) is 11.6. The van der Waals surface area contributed by atoms with E-state index in [1.54, 1.807) is 24.3 Å². The lowest BCUT2D eigenvalue weighted by Crippen LogP contribution is -2.12. The number of halogens is 2. The number of thiophene rings is 1. The van der Waals surface area contributed by atoms with E-state index in [0.717, 1.165) is 21.9 Å². The molecule has 3 nitrogen and oxygen atoms in total. The minimum atomic E-state index is -0.340. The minimum Gasteiger partial charge on any atom is -0.313 e. The molecule has 1 amide bonds. The van der Waals surface area contributed by atoms with Crippen LogP contribution in [-0.4, -0.2) is 12.2 Å². The third-order valence-corrected chi connectivity index (χ3v) is 5.22. The zero-order chi connectivity index (χ0) is 17.1. The first-order valence-corrected chi connectivity index (χ1v) is 9.03. The molecule has 120 valence electrons. The molecular weight excluding hydrogens is 410 g/mol. The average molecular weight is 421 g/mol. The van der Waals surface area contributed by atoms with E-state index in [1.165, 1.54) is 11.3 Å². The number of hydrogen-bond acceptors (Lipinski definition) is 3. The van der Waals surface area contributed by atoms with E-state index in [4.69, 9.17) is 11.6 Å². The van der Waals surface area contributed by atoms with Gasteiger partial charge in [-0.15, -0.1) is 11.3 Å². The Morgan fingerprint density at radius 1 is 1.12 bits per heavy atom. The summed E-state index contributed by atoms with van der Waals surface area (Å²) in [7, 11) is 0.